The fourth-order valence-electron chi connectivity index (χ4n) is 3.32. The molecule has 2 aromatic rings. The summed E-state index contributed by atoms with van der Waals surface area (Å²) in [6, 6.07) is 5.08. The number of benzene rings is 1. The van der Waals surface area contributed by atoms with Crippen LogP contribution in [0.5, 0.6) is 5.95 Å². The Balaban J connectivity index is 2.09. The van der Waals surface area contributed by atoms with Gasteiger partial charge in [-0.05, 0) is 50.5 Å². The van der Waals surface area contributed by atoms with Gasteiger partial charge in [-0.2, -0.15) is 0 Å². The lowest BCUT2D eigenvalue weighted by Crippen LogP contribution is -2.53. The molecule has 2 heterocycles. The van der Waals surface area contributed by atoms with E-state index in [0.29, 0.717) is 24.3 Å². The highest BCUT2D eigenvalue weighted by atomic mass is 16.6. The molecular formula is C20H25N3O5. The number of rotatable bonds is 4. The van der Waals surface area contributed by atoms with Crippen LogP contribution < -0.4 is 14.5 Å². The van der Waals surface area contributed by atoms with Crippen molar-refractivity contribution >= 4 is 23.4 Å². The van der Waals surface area contributed by atoms with E-state index in [1.807, 2.05) is 32.9 Å². The molecule has 8 heteroatoms. The van der Waals surface area contributed by atoms with Crippen molar-refractivity contribution in [1.82, 2.24) is 5.16 Å². The first kappa shape index (κ1) is 19.7. The molecule has 1 aliphatic heterocycles. The maximum atomic E-state index is 13.2. The van der Waals surface area contributed by atoms with Crippen LogP contribution in [-0.4, -0.2) is 43.5 Å². The second kappa shape index (κ2) is 7.92. The van der Waals surface area contributed by atoms with Crippen LogP contribution in [0, 0.1) is 13.8 Å². The van der Waals surface area contributed by atoms with E-state index in [2.05, 4.69) is 5.16 Å². The number of anilines is 2. The summed E-state index contributed by atoms with van der Waals surface area (Å²) >= 11 is 0. The first-order valence-electron chi connectivity index (χ1n) is 9.31. The lowest BCUT2D eigenvalue weighted by molar-refractivity contribution is 0.0972. The van der Waals surface area contributed by atoms with Gasteiger partial charge in [0.05, 0.1) is 37.2 Å². The molecule has 0 spiro atoms. The number of ether oxygens (including phenoxy) is 2. The Labute approximate surface area is 164 Å². The fourth-order valence-corrected chi connectivity index (χ4v) is 3.32. The molecule has 1 unspecified atom stereocenters. The number of fused-ring (bicyclic) bond motifs is 1. The number of aromatic nitrogens is 1. The zero-order valence-electron chi connectivity index (χ0n) is 16.8. The van der Waals surface area contributed by atoms with Gasteiger partial charge < -0.3 is 18.9 Å². The predicted molar refractivity (Wildman–Crippen MR) is 104 cm³/mol. The van der Waals surface area contributed by atoms with Gasteiger partial charge in [0, 0.05) is 6.54 Å². The molecule has 0 fully saturated rings. The van der Waals surface area contributed by atoms with Crippen LogP contribution >= 0.6 is 0 Å². The summed E-state index contributed by atoms with van der Waals surface area (Å²) in [4.78, 5) is 29.1. The highest BCUT2D eigenvalue weighted by Crippen LogP contribution is 2.39. The molecule has 150 valence electrons. The smallest absolute Gasteiger partial charge is 0.414 e. The van der Waals surface area contributed by atoms with Gasteiger partial charge in [0.15, 0.2) is 5.69 Å². The van der Waals surface area contributed by atoms with E-state index < -0.39 is 6.09 Å². The molecule has 0 radical (unpaired) electrons. The first-order chi connectivity index (χ1) is 13.4. The van der Waals surface area contributed by atoms with Crippen LogP contribution in [0.2, 0.25) is 0 Å². The van der Waals surface area contributed by atoms with Gasteiger partial charge >= 0.3 is 12.0 Å². The third-order valence-corrected chi connectivity index (χ3v) is 4.99. The molecule has 2 amide bonds. The van der Waals surface area contributed by atoms with Crippen LogP contribution in [0.1, 0.15) is 41.9 Å². The number of methoxy groups -OCH3 is 1. The minimum absolute atomic E-state index is 0.153. The van der Waals surface area contributed by atoms with Gasteiger partial charge in [0.2, 0.25) is 0 Å². The van der Waals surface area contributed by atoms with Crippen molar-refractivity contribution in [3.05, 3.63) is 35.0 Å². The quantitative estimate of drug-likeness (QED) is 0.795. The standard InChI is InChI=1S/C20H25N3O5/c1-6-14-11-22(19(24)15-10-18(26-5)28-21-15)16-8-12(3)13(4)9-17(16)23(14)20(25)27-7-2/h8-10,14H,6-7,11H2,1-5H3. The monoisotopic (exact) mass is 387 g/mol. The Bertz CT molecular complexity index is 892. The van der Waals surface area contributed by atoms with Crippen LogP contribution in [0.15, 0.2) is 22.7 Å². The summed E-state index contributed by atoms with van der Waals surface area (Å²) in [6.07, 6.45) is 0.256. The Morgan fingerprint density at radius 1 is 1.18 bits per heavy atom. The fraction of sp³-hybridized carbons (Fsp3) is 0.450. The topological polar surface area (TPSA) is 85.1 Å². The molecule has 0 saturated carbocycles. The molecule has 1 atom stereocenters. The molecule has 0 aliphatic carbocycles. The van der Waals surface area contributed by atoms with E-state index in [9.17, 15) is 9.59 Å². The Morgan fingerprint density at radius 2 is 1.86 bits per heavy atom. The van der Waals surface area contributed by atoms with Gasteiger partial charge in [-0.3, -0.25) is 9.69 Å². The molecule has 1 aromatic carbocycles. The third kappa shape index (κ3) is 3.42. The minimum atomic E-state index is -0.408. The molecule has 8 nitrogen and oxygen atoms in total. The van der Waals surface area contributed by atoms with E-state index >= 15 is 0 Å². The highest BCUT2D eigenvalue weighted by Gasteiger charge is 2.38. The average molecular weight is 387 g/mol. The number of hydrogen-bond donors (Lipinski definition) is 0. The highest BCUT2D eigenvalue weighted by molar-refractivity contribution is 6.09. The molecule has 3 rings (SSSR count). The molecule has 1 aliphatic rings. The van der Waals surface area contributed by atoms with Gasteiger partial charge in [-0.1, -0.05) is 12.1 Å². The maximum absolute atomic E-state index is 13.2. The van der Waals surface area contributed by atoms with Crippen molar-refractivity contribution in [1.29, 1.82) is 0 Å². The second-order valence-electron chi connectivity index (χ2n) is 6.71. The van der Waals surface area contributed by atoms with E-state index in [1.165, 1.54) is 13.2 Å². The van der Waals surface area contributed by atoms with Crippen LogP contribution in [0.3, 0.4) is 0 Å². The number of carbonyl (C=O) groups excluding carboxylic acids is 2. The number of aryl methyl sites for hydroxylation is 2. The third-order valence-electron chi connectivity index (χ3n) is 4.99. The van der Waals surface area contributed by atoms with Gasteiger partial charge in [-0.15, -0.1) is 0 Å². The van der Waals surface area contributed by atoms with Crippen LogP contribution in [0.4, 0.5) is 16.2 Å². The SMILES string of the molecule is CCOC(=O)N1c2cc(C)c(C)cc2N(C(=O)c2cc(OC)on2)CC1CC. The van der Waals surface area contributed by atoms with E-state index in [0.717, 1.165) is 11.1 Å². The van der Waals surface area contributed by atoms with Gasteiger partial charge in [-0.25, -0.2) is 4.79 Å². The van der Waals surface area contributed by atoms with E-state index in [-0.39, 0.29) is 30.2 Å². The summed E-state index contributed by atoms with van der Waals surface area (Å²) in [6.45, 7) is 8.32. The van der Waals surface area contributed by atoms with Crippen molar-refractivity contribution in [2.45, 2.75) is 40.2 Å². The number of nitrogens with zero attached hydrogens (tertiary/aromatic N) is 3. The van der Waals surface area contributed by atoms with E-state index in [4.69, 9.17) is 14.0 Å². The molecular weight excluding hydrogens is 362 g/mol. The Morgan fingerprint density at radius 3 is 2.43 bits per heavy atom. The molecule has 0 saturated heterocycles. The van der Waals surface area contributed by atoms with E-state index in [1.54, 1.807) is 16.7 Å². The molecule has 28 heavy (non-hydrogen) atoms. The van der Waals surface area contributed by atoms with Crippen LogP contribution in [-0.2, 0) is 4.74 Å². The summed E-state index contributed by atoms with van der Waals surface area (Å²) in [5, 5.41) is 3.81. The van der Waals surface area contributed by atoms with Gasteiger partial charge in [0.25, 0.3) is 5.91 Å². The predicted octanol–water partition coefficient (Wildman–Crippen LogP) is 3.70. The van der Waals surface area contributed by atoms with Crippen molar-refractivity contribution < 1.29 is 23.6 Å². The second-order valence-corrected chi connectivity index (χ2v) is 6.71. The molecule has 0 N–H and O–H groups in total. The Hall–Kier alpha value is -3.03. The van der Waals surface area contributed by atoms with Gasteiger partial charge in [0.1, 0.15) is 0 Å². The van der Waals surface area contributed by atoms with Crippen LogP contribution in [0.25, 0.3) is 0 Å². The number of hydrogen-bond acceptors (Lipinski definition) is 6. The van der Waals surface area contributed by atoms with Crippen molar-refractivity contribution in [2.24, 2.45) is 0 Å². The largest absolute Gasteiger partial charge is 0.467 e. The molecule has 0 bridgehead atoms. The summed E-state index contributed by atoms with van der Waals surface area (Å²) in [5.74, 6) is -0.139. The van der Waals surface area contributed by atoms with Crippen molar-refractivity contribution in [3.63, 3.8) is 0 Å². The summed E-state index contributed by atoms with van der Waals surface area (Å²) < 4.78 is 15.3. The zero-order chi connectivity index (χ0) is 20.4. The Kier molecular flexibility index (Phi) is 5.58. The average Bonchev–Trinajstić information content (AvgIpc) is 3.16. The summed E-state index contributed by atoms with van der Waals surface area (Å²) in [7, 11) is 1.45. The zero-order valence-corrected chi connectivity index (χ0v) is 16.8. The lowest BCUT2D eigenvalue weighted by Gasteiger charge is -2.41. The maximum Gasteiger partial charge on any atom is 0.414 e. The minimum Gasteiger partial charge on any atom is -0.467 e. The normalized spacial score (nSPS) is 16.0. The number of amides is 2. The first-order valence-corrected chi connectivity index (χ1v) is 9.31. The summed E-state index contributed by atoms with van der Waals surface area (Å²) in [5.41, 5.74) is 3.50. The number of carbonyl (C=O) groups is 2. The molecule has 1 aromatic heterocycles. The lowest BCUT2D eigenvalue weighted by atomic mass is 10.00. The van der Waals surface area contributed by atoms with Crippen molar-refractivity contribution in [3.8, 4) is 5.95 Å². The van der Waals surface area contributed by atoms with Crippen molar-refractivity contribution in [2.75, 3.05) is 30.1 Å².